The predicted octanol–water partition coefficient (Wildman–Crippen LogP) is 1.91. The number of hydrogen-bond acceptors (Lipinski definition) is 6. The van der Waals surface area contributed by atoms with Crippen molar-refractivity contribution in [1.82, 2.24) is 5.32 Å². The molecule has 0 fully saturated rings. The number of nitrogens with one attached hydrogen (secondary N) is 1. The Hall–Kier alpha value is -0.730. The first-order valence-corrected chi connectivity index (χ1v) is 9.99. The summed E-state index contributed by atoms with van der Waals surface area (Å²) in [6.07, 6.45) is 7.76. The van der Waals surface area contributed by atoms with Crippen molar-refractivity contribution in [1.29, 1.82) is 0 Å². The van der Waals surface area contributed by atoms with Gasteiger partial charge in [-0.3, -0.25) is 4.79 Å². The maximum atomic E-state index is 11.6. The number of rotatable bonds is 21. The minimum absolute atomic E-state index is 0.0316. The van der Waals surface area contributed by atoms with Gasteiger partial charge in [0.25, 0.3) is 0 Å². The molecule has 2 N–H and O–H groups in total. The third-order valence-corrected chi connectivity index (χ3v) is 3.68. The van der Waals surface area contributed by atoms with Crippen LogP contribution < -0.4 is 5.32 Å². The number of hydrogen-bond donors (Lipinski definition) is 2. The third-order valence-electron chi connectivity index (χ3n) is 3.68. The number of unbranched alkanes of at least 4 members (excludes halogenated alkanes) is 5. The average molecular weight is 378 g/mol. The van der Waals surface area contributed by atoms with Gasteiger partial charge in [-0.05, 0) is 6.42 Å². The molecule has 0 saturated carbocycles. The lowest BCUT2D eigenvalue weighted by Crippen LogP contribution is -2.25. The summed E-state index contributed by atoms with van der Waals surface area (Å²) < 4.78 is 21.1. The van der Waals surface area contributed by atoms with E-state index < -0.39 is 0 Å². The smallest absolute Gasteiger partial charge is 0.222 e. The first kappa shape index (κ1) is 25.3. The number of amides is 1. The molecule has 0 rings (SSSR count). The van der Waals surface area contributed by atoms with Gasteiger partial charge >= 0.3 is 0 Å². The molecular weight excluding hydrogens is 338 g/mol. The summed E-state index contributed by atoms with van der Waals surface area (Å²) in [5.74, 6) is 0.0521. The highest BCUT2D eigenvalue weighted by atomic mass is 16.6. The summed E-state index contributed by atoms with van der Waals surface area (Å²) >= 11 is 0. The molecular formula is C19H39NO6. The Morgan fingerprint density at radius 2 is 1.23 bits per heavy atom. The highest BCUT2D eigenvalue weighted by molar-refractivity contribution is 5.75. The lowest BCUT2D eigenvalue weighted by Gasteiger charge is -2.08. The van der Waals surface area contributed by atoms with Crippen LogP contribution in [0.25, 0.3) is 0 Å². The number of carbonyl (C=O) groups excluding carboxylic acids is 1. The van der Waals surface area contributed by atoms with Gasteiger partial charge in [-0.15, -0.1) is 0 Å². The molecule has 156 valence electrons. The highest BCUT2D eigenvalue weighted by Crippen LogP contribution is 2.04. The minimum atomic E-state index is 0.0316. The van der Waals surface area contributed by atoms with Crippen LogP contribution in [0.4, 0.5) is 0 Å². The Balaban J connectivity index is 3.12. The van der Waals surface area contributed by atoms with E-state index >= 15 is 0 Å². The molecule has 7 nitrogen and oxygen atoms in total. The standard InChI is InChI=1S/C19H39NO6/c1-2-3-4-5-6-7-9-20-19(22)8-11-23-13-15-25-17-18-26-16-14-24-12-10-21/h21H,2-18H2,1H3,(H,20,22). The Morgan fingerprint density at radius 1 is 0.731 bits per heavy atom. The molecule has 7 heteroatoms. The van der Waals surface area contributed by atoms with Gasteiger partial charge in [0.2, 0.25) is 5.91 Å². The molecule has 0 aromatic heterocycles. The van der Waals surface area contributed by atoms with Crippen LogP contribution in [0.2, 0.25) is 0 Å². The van der Waals surface area contributed by atoms with Crippen molar-refractivity contribution in [3.05, 3.63) is 0 Å². The van der Waals surface area contributed by atoms with Crippen LogP contribution in [0.15, 0.2) is 0 Å². The van der Waals surface area contributed by atoms with E-state index in [1.807, 2.05) is 0 Å². The number of ether oxygens (including phenoxy) is 4. The molecule has 0 aromatic carbocycles. The molecule has 0 aliphatic carbocycles. The summed E-state index contributed by atoms with van der Waals surface area (Å²) in [5, 5.41) is 11.4. The van der Waals surface area contributed by atoms with Crippen molar-refractivity contribution in [2.24, 2.45) is 0 Å². The topological polar surface area (TPSA) is 86.3 Å². The van der Waals surface area contributed by atoms with Crippen LogP contribution in [0.5, 0.6) is 0 Å². The van der Waals surface area contributed by atoms with Gasteiger partial charge in [-0.25, -0.2) is 0 Å². The lowest BCUT2D eigenvalue weighted by atomic mass is 10.1. The first-order chi connectivity index (χ1) is 12.8. The Morgan fingerprint density at radius 3 is 1.81 bits per heavy atom. The Kier molecular flexibility index (Phi) is 21.7. The first-order valence-electron chi connectivity index (χ1n) is 9.99. The van der Waals surface area contributed by atoms with E-state index in [9.17, 15) is 4.79 Å². The molecule has 0 unspecified atom stereocenters. The van der Waals surface area contributed by atoms with Crippen LogP contribution in [0.3, 0.4) is 0 Å². The van der Waals surface area contributed by atoms with Gasteiger partial charge in [0, 0.05) is 13.0 Å². The molecule has 0 heterocycles. The van der Waals surface area contributed by atoms with Crippen LogP contribution >= 0.6 is 0 Å². The van der Waals surface area contributed by atoms with Crippen molar-refractivity contribution in [2.45, 2.75) is 51.9 Å². The SMILES string of the molecule is CCCCCCCCNC(=O)CCOCCOCCOCCOCCO. The zero-order valence-electron chi connectivity index (χ0n) is 16.5. The predicted molar refractivity (Wildman–Crippen MR) is 101 cm³/mol. The largest absolute Gasteiger partial charge is 0.394 e. The van der Waals surface area contributed by atoms with Crippen LogP contribution in [0, 0.1) is 0 Å². The average Bonchev–Trinajstić information content (AvgIpc) is 2.64. The molecule has 0 radical (unpaired) electrons. The zero-order chi connectivity index (χ0) is 19.1. The Labute approximate surface area is 158 Å². The van der Waals surface area contributed by atoms with Gasteiger partial charge in [-0.1, -0.05) is 39.0 Å². The molecule has 26 heavy (non-hydrogen) atoms. The van der Waals surface area contributed by atoms with Crippen molar-refractivity contribution < 1.29 is 28.8 Å². The van der Waals surface area contributed by atoms with E-state index in [2.05, 4.69) is 12.2 Å². The molecule has 0 aliphatic heterocycles. The van der Waals surface area contributed by atoms with E-state index in [0.29, 0.717) is 59.3 Å². The summed E-state index contributed by atoms with van der Waals surface area (Å²) in [6.45, 7) is 6.71. The molecule has 1 amide bonds. The second-order valence-electron chi connectivity index (χ2n) is 6.04. The monoisotopic (exact) mass is 377 g/mol. The fraction of sp³-hybridized carbons (Fsp3) is 0.947. The molecule has 0 saturated heterocycles. The van der Waals surface area contributed by atoms with Crippen molar-refractivity contribution >= 4 is 5.91 Å². The van der Waals surface area contributed by atoms with E-state index in [-0.39, 0.29) is 12.5 Å². The molecule has 0 bridgehead atoms. The summed E-state index contributed by atoms with van der Waals surface area (Å²) in [5.41, 5.74) is 0. The van der Waals surface area contributed by atoms with Crippen LogP contribution in [-0.2, 0) is 23.7 Å². The van der Waals surface area contributed by atoms with Crippen LogP contribution in [0.1, 0.15) is 51.9 Å². The molecule has 0 spiro atoms. The molecule has 0 atom stereocenters. The highest BCUT2D eigenvalue weighted by Gasteiger charge is 2.00. The van der Waals surface area contributed by atoms with Gasteiger partial charge in [0.15, 0.2) is 0 Å². The minimum Gasteiger partial charge on any atom is -0.394 e. The fourth-order valence-electron chi connectivity index (χ4n) is 2.21. The number of aliphatic hydroxyl groups excluding tert-OH is 1. The van der Waals surface area contributed by atoms with Gasteiger partial charge in [0.1, 0.15) is 0 Å². The number of carbonyl (C=O) groups is 1. The summed E-state index contributed by atoms with van der Waals surface area (Å²) in [4.78, 5) is 11.6. The maximum Gasteiger partial charge on any atom is 0.222 e. The zero-order valence-corrected chi connectivity index (χ0v) is 16.5. The van der Waals surface area contributed by atoms with E-state index in [4.69, 9.17) is 24.1 Å². The van der Waals surface area contributed by atoms with Gasteiger partial charge in [0.05, 0.1) is 59.5 Å². The van der Waals surface area contributed by atoms with Crippen LogP contribution in [-0.4, -0.2) is 77.0 Å². The van der Waals surface area contributed by atoms with Crippen molar-refractivity contribution in [3.63, 3.8) is 0 Å². The quantitative estimate of drug-likeness (QED) is 0.297. The number of aliphatic hydroxyl groups is 1. The van der Waals surface area contributed by atoms with E-state index in [1.54, 1.807) is 0 Å². The van der Waals surface area contributed by atoms with Gasteiger partial charge < -0.3 is 29.4 Å². The normalized spacial score (nSPS) is 11.0. The second kappa shape index (κ2) is 22.3. The van der Waals surface area contributed by atoms with Crippen molar-refractivity contribution in [2.75, 3.05) is 66.0 Å². The van der Waals surface area contributed by atoms with Crippen molar-refractivity contribution in [3.8, 4) is 0 Å². The molecule has 0 aromatic rings. The third kappa shape index (κ3) is 21.3. The summed E-state index contributed by atoms with van der Waals surface area (Å²) in [7, 11) is 0. The van der Waals surface area contributed by atoms with E-state index in [1.165, 1.54) is 32.1 Å². The summed E-state index contributed by atoms with van der Waals surface area (Å²) in [6, 6.07) is 0. The maximum absolute atomic E-state index is 11.6. The fourth-order valence-corrected chi connectivity index (χ4v) is 2.21. The second-order valence-corrected chi connectivity index (χ2v) is 6.04. The molecule has 0 aliphatic rings. The lowest BCUT2D eigenvalue weighted by molar-refractivity contribution is -0.122. The van der Waals surface area contributed by atoms with Gasteiger partial charge in [-0.2, -0.15) is 0 Å². The van der Waals surface area contributed by atoms with E-state index in [0.717, 1.165) is 13.0 Å². The Bertz CT molecular complexity index is 291.